The fourth-order valence-electron chi connectivity index (χ4n) is 7.43. The van der Waals surface area contributed by atoms with Crippen molar-refractivity contribution < 1.29 is 34.3 Å². The number of allylic oxidation sites excluding steroid dienone is 2. The number of imide groups is 1. The summed E-state index contributed by atoms with van der Waals surface area (Å²) in [6, 6.07) is 11.5. The van der Waals surface area contributed by atoms with Gasteiger partial charge in [0.25, 0.3) is 0 Å². The number of benzene rings is 2. The van der Waals surface area contributed by atoms with Gasteiger partial charge in [-0.15, -0.1) is 0 Å². The zero-order valence-electron chi connectivity index (χ0n) is 25.1. The summed E-state index contributed by atoms with van der Waals surface area (Å²) < 4.78 is 6.15. The van der Waals surface area contributed by atoms with E-state index in [0.717, 1.165) is 41.2 Å². The Labute approximate surface area is 253 Å². The van der Waals surface area contributed by atoms with Crippen LogP contribution in [0.25, 0.3) is 16.8 Å². The van der Waals surface area contributed by atoms with Crippen LogP contribution in [0.4, 0.5) is 0 Å². The first-order valence-electron chi connectivity index (χ1n) is 15.8. The molecule has 2 heterocycles. The number of carbonyl (C=O) groups is 3. The van der Waals surface area contributed by atoms with E-state index in [9.17, 15) is 24.5 Å². The number of aliphatic carboxylic acids is 1. The Morgan fingerprint density at radius 2 is 1.79 bits per heavy atom. The molecule has 1 aliphatic carbocycles. The van der Waals surface area contributed by atoms with Gasteiger partial charge in [0.2, 0.25) is 11.8 Å². The molecule has 2 aromatic carbocycles. The number of aromatic hydroxyl groups is 1. The maximum atomic E-state index is 13.7. The molecule has 0 radical (unpaired) electrons. The van der Waals surface area contributed by atoms with Crippen LogP contribution in [0.1, 0.15) is 77.2 Å². The first-order valence-corrected chi connectivity index (χ1v) is 15.8. The van der Waals surface area contributed by atoms with Crippen LogP contribution >= 0.6 is 0 Å². The minimum Gasteiger partial charge on any atom is -0.507 e. The number of phenols is 1. The Morgan fingerprint density at radius 3 is 2.51 bits per heavy atom. The molecule has 9 heteroatoms. The molecule has 2 saturated heterocycles. The molecule has 2 aromatic rings. The predicted molar refractivity (Wildman–Crippen MR) is 166 cm³/mol. The van der Waals surface area contributed by atoms with E-state index in [1.807, 2.05) is 30.3 Å². The van der Waals surface area contributed by atoms with Gasteiger partial charge in [0.1, 0.15) is 5.75 Å². The number of carboxylic acids is 1. The number of amides is 2. The molecule has 43 heavy (non-hydrogen) atoms. The number of nitrogens with zero attached hydrogens (tertiary/aromatic N) is 1. The molecule has 2 amide bonds. The van der Waals surface area contributed by atoms with Gasteiger partial charge in [-0.2, -0.15) is 0 Å². The average molecular weight is 588 g/mol. The van der Waals surface area contributed by atoms with Crippen molar-refractivity contribution in [1.29, 1.82) is 0 Å². The summed E-state index contributed by atoms with van der Waals surface area (Å²) in [4.78, 5) is 39.3. The molecule has 0 aromatic heterocycles. The Hall–Kier alpha value is -3.43. The number of phenolic OH excluding ortho intramolecular Hbond substituents is 1. The van der Waals surface area contributed by atoms with Crippen LogP contribution in [-0.2, 0) is 19.0 Å². The summed E-state index contributed by atoms with van der Waals surface area (Å²) in [6.07, 6.45) is 7.55. The van der Waals surface area contributed by atoms with Crippen molar-refractivity contribution in [2.45, 2.75) is 84.1 Å². The maximum Gasteiger partial charge on any atom is 0.455 e. The zero-order valence-corrected chi connectivity index (χ0v) is 25.1. The number of hydrogen-bond acceptors (Lipinski definition) is 6. The number of rotatable bonds is 12. The van der Waals surface area contributed by atoms with Crippen molar-refractivity contribution in [2.75, 3.05) is 6.54 Å². The standard InChI is InChI=1S/C34H42BNO7/c1-3-21(18-23-14-15-28(37)25-11-8-7-10-24(23)25)13-16-29-31-22(4-2)19-26-32(27(31)20-35(42)43-29)34(41)36(33(26)40)17-9-5-6-12-30(38)39/h7-8,10-11,14-15,18,26-27,29,32,37,42H,3-6,9,12-13,16-17,19-20H2,1-2H3,(H,38,39)/b21-18+/t26-,27+,29-,32-/m1/s1. The van der Waals surface area contributed by atoms with Crippen molar-refractivity contribution in [1.82, 2.24) is 4.90 Å². The highest BCUT2D eigenvalue weighted by Gasteiger charge is 2.56. The minimum atomic E-state index is -1.00. The summed E-state index contributed by atoms with van der Waals surface area (Å²) in [5.41, 5.74) is 4.53. The topological polar surface area (TPSA) is 124 Å². The molecular formula is C34H42BNO7. The van der Waals surface area contributed by atoms with E-state index in [0.29, 0.717) is 45.0 Å². The number of carboxylic acid groups (broad SMARTS) is 1. The molecular weight excluding hydrogens is 545 g/mol. The minimum absolute atomic E-state index is 0.0854. The van der Waals surface area contributed by atoms with Gasteiger partial charge in [-0.3, -0.25) is 19.3 Å². The van der Waals surface area contributed by atoms with Gasteiger partial charge >= 0.3 is 13.1 Å². The zero-order chi connectivity index (χ0) is 30.7. The normalized spacial score (nSPS) is 24.1. The molecule has 4 atom stereocenters. The number of hydrogen-bond donors (Lipinski definition) is 3. The SMILES string of the molecule is CCC1=C2[C@@H](CC/C(=C/c3ccc(O)c4ccccc34)CC)OB(O)C[C@@H]2[C@@H]2C(=O)N(CCCCCC(=O)O)C(=O)[C@@H]2C1. The van der Waals surface area contributed by atoms with Crippen molar-refractivity contribution in [3.8, 4) is 5.75 Å². The summed E-state index contributed by atoms with van der Waals surface area (Å²) in [5.74, 6) is -2.00. The lowest BCUT2D eigenvalue weighted by molar-refractivity contribution is -0.141. The van der Waals surface area contributed by atoms with Crippen LogP contribution in [0.15, 0.2) is 53.1 Å². The molecule has 0 bridgehead atoms. The summed E-state index contributed by atoms with van der Waals surface area (Å²) in [7, 11) is -1.00. The van der Waals surface area contributed by atoms with Gasteiger partial charge in [0.15, 0.2) is 0 Å². The van der Waals surface area contributed by atoms with Gasteiger partial charge in [0, 0.05) is 18.4 Å². The van der Waals surface area contributed by atoms with E-state index in [2.05, 4.69) is 19.9 Å². The van der Waals surface area contributed by atoms with Crippen LogP contribution in [0.2, 0.25) is 6.32 Å². The second-order valence-corrected chi connectivity index (χ2v) is 12.1. The van der Waals surface area contributed by atoms with Crippen molar-refractivity contribution in [2.24, 2.45) is 17.8 Å². The van der Waals surface area contributed by atoms with Crippen molar-refractivity contribution in [3.05, 3.63) is 58.7 Å². The van der Waals surface area contributed by atoms with Gasteiger partial charge in [-0.1, -0.05) is 67.8 Å². The maximum absolute atomic E-state index is 13.7. The summed E-state index contributed by atoms with van der Waals surface area (Å²) >= 11 is 0. The highest BCUT2D eigenvalue weighted by molar-refractivity contribution is 6.43. The fourth-order valence-corrected chi connectivity index (χ4v) is 7.43. The second kappa shape index (κ2) is 13.5. The second-order valence-electron chi connectivity index (χ2n) is 12.1. The Bertz CT molecular complexity index is 1450. The van der Waals surface area contributed by atoms with Crippen LogP contribution in [0, 0.1) is 17.8 Å². The van der Waals surface area contributed by atoms with E-state index in [1.54, 1.807) is 6.07 Å². The third kappa shape index (κ3) is 6.43. The number of carbonyl (C=O) groups excluding carboxylic acids is 2. The monoisotopic (exact) mass is 587 g/mol. The highest BCUT2D eigenvalue weighted by Crippen LogP contribution is 2.51. The van der Waals surface area contributed by atoms with E-state index < -0.39 is 24.9 Å². The molecule has 3 N–H and O–H groups in total. The number of likely N-dealkylation sites (tertiary alicyclic amines) is 1. The number of unbranched alkanes of at least 4 members (excludes halogenated alkanes) is 2. The van der Waals surface area contributed by atoms with Gasteiger partial charge in [-0.05, 0) is 79.8 Å². The largest absolute Gasteiger partial charge is 0.507 e. The fraction of sp³-hybridized carbons (Fsp3) is 0.500. The molecule has 3 aliphatic rings. The molecule has 5 rings (SSSR count). The third-order valence-corrected chi connectivity index (χ3v) is 9.57. The van der Waals surface area contributed by atoms with E-state index in [-0.39, 0.29) is 36.0 Å². The first-order chi connectivity index (χ1) is 20.7. The van der Waals surface area contributed by atoms with Crippen LogP contribution in [0.5, 0.6) is 5.75 Å². The lowest BCUT2D eigenvalue weighted by atomic mass is 9.58. The van der Waals surface area contributed by atoms with Crippen molar-refractivity contribution in [3.63, 3.8) is 0 Å². The van der Waals surface area contributed by atoms with E-state index >= 15 is 0 Å². The Morgan fingerprint density at radius 1 is 1.02 bits per heavy atom. The predicted octanol–water partition coefficient (Wildman–Crippen LogP) is 5.97. The van der Waals surface area contributed by atoms with Gasteiger partial charge in [-0.25, -0.2) is 0 Å². The lowest BCUT2D eigenvalue weighted by Crippen LogP contribution is -2.46. The molecule has 2 fully saturated rings. The molecule has 0 unspecified atom stereocenters. The smallest absolute Gasteiger partial charge is 0.455 e. The van der Waals surface area contributed by atoms with Crippen LogP contribution in [0.3, 0.4) is 0 Å². The van der Waals surface area contributed by atoms with E-state index in [1.165, 1.54) is 16.0 Å². The molecule has 228 valence electrons. The first kappa shape index (κ1) is 31.0. The van der Waals surface area contributed by atoms with Crippen LogP contribution < -0.4 is 0 Å². The molecule has 0 spiro atoms. The molecule has 0 saturated carbocycles. The van der Waals surface area contributed by atoms with Crippen molar-refractivity contribution >= 4 is 41.8 Å². The Kier molecular flexibility index (Phi) is 9.72. The lowest BCUT2D eigenvalue weighted by Gasteiger charge is -2.43. The average Bonchev–Trinajstić information content (AvgIpc) is 3.24. The quantitative estimate of drug-likeness (QED) is 0.121. The molecule has 2 aliphatic heterocycles. The van der Waals surface area contributed by atoms with Gasteiger partial charge in [0.05, 0.1) is 17.9 Å². The number of fused-ring (bicyclic) bond motifs is 4. The Balaban J connectivity index is 1.34. The summed E-state index contributed by atoms with van der Waals surface area (Å²) in [6.45, 7) is 4.51. The highest BCUT2D eigenvalue weighted by atomic mass is 16.5. The summed E-state index contributed by atoms with van der Waals surface area (Å²) in [5, 5.41) is 31.8. The third-order valence-electron chi connectivity index (χ3n) is 9.57. The van der Waals surface area contributed by atoms with E-state index in [4.69, 9.17) is 9.76 Å². The molecule has 8 nitrogen and oxygen atoms in total. The van der Waals surface area contributed by atoms with Gasteiger partial charge < -0.3 is 19.9 Å². The van der Waals surface area contributed by atoms with Crippen LogP contribution in [-0.4, -0.2) is 57.7 Å².